The fourth-order valence-corrected chi connectivity index (χ4v) is 2.82. The maximum Gasteiger partial charge on any atom is 0.338 e. The number of carbonyl (C=O) groups excluding carboxylic acids is 3. The molecule has 0 bridgehead atoms. The fraction of sp³-hybridized carbons (Fsp3) is 0.111. The Kier molecular flexibility index (Phi) is 5.88. The normalized spacial score (nSPS) is 10.1. The summed E-state index contributed by atoms with van der Waals surface area (Å²) < 4.78 is 13.2. The summed E-state index contributed by atoms with van der Waals surface area (Å²) in [5.41, 5.74) is 2.39. The second-order valence-electron chi connectivity index (χ2n) is 5.52. The summed E-state index contributed by atoms with van der Waals surface area (Å²) in [6, 6.07) is 12.8. The lowest BCUT2D eigenvalue weighted by atomic mass is 10.2. The Morgan fingerprint density at radius 2 is 1.82 bits per heavy atom. The summed E-state index contributed by atoms with van der Waals surface area (Å²) in [6.07, 6.45) is -0.260. The molecule has 0 aliphatic heterocycles. The summed E-state index contributed by atoms with van der Waals surface area (Å²) in [4.78, 5) is 35.4. The fourth-order valence-electron chi connectivity index (χ4n) is 2.27. The van der Waals surface area contributed by atoms with Crippen molar-refractivity contribution in [1.29, 1.82) is 5.26 Å². The number of rotatable bonds is 6. The van der Waals surface area contributed by atoms with Crippen LogP contribution in [0, 0.1) is 11.3 Å². The number of aromatic nitrogens is 2. The topological polar surface area (TPSA) is 134 Å². The van der Waals surface area contributed by atoms with Gasteiger partial charge in [0.15, 0.2) is 6.61 Å². The van der Waals surface area contributed by atoms with E-state index in [1.54, 1.807) is 24.3 Å². The molecule has 28 heavy (non-hydrogen) atoms. The van der Waals surface area contributed by atoms with Gasteiger partial charge in [-0.3, -0.25) is 9.59 Å². The Balaban J connectivity index is 1.53. The van der Waals surface area contributed by atoms with Gasteiger partial charge in [-0.05, 0) is 36.4 Å². The lowest BCUT2D eigenvalue weighted by molar-refractivity contribution is -0.119. The number of nitrogens with zero attached hydrogens (tertiary/aromatic N) is 3. The largest absolute Gasteiger partial charge is 0.452 e. The van der Waals surface area contributed by atoms with Crippen LogP contribution in [-0.2, 0) is 14.3 Å². The van der Waals surface area contributed by atoms with E-state index < -0.39 is 24.4 Å². The number of carbonyl (C=O) groups is 3. The monoisotopic (exact) mass is 395 g/mol. The van der Waals surface area contributed by atoms with Crippen LogP contribution in [0.1, 0.15) is 16.8 Å². The molecule has 0 spiro atoms. The minimum absolute atomic E-state index is 0.219. The van der Waals surface area contributed by atoms with E-state index in [9.17, 15) is 14.4 Å². The van der Waals surface area contributed by atoms with Crippen molar-refractivity contribution in [3.05, 3.63) is 48.0 Å². The number of hydrogen-bond acceptors (Lipinski definition) is 8. The van der Waals surface area contributed by atoms with Gasteiger partial charge in [-0.25, -0.2) is 4.79 Å². The minimum atomic E-state index is -0.682. The van der Waals surface area contributed by atoms with Gasteiger partial charge in [0, 0.05) is 5.69 Å². The van der Waals surface area contributed by atoms with Gasteiger partial charge in [0.05, 0.1) is 29.0 Å². The average molecular weight is 395 g/mol. The van der Waals surface area contributed by atoms with Crippen molar-refractivity contribution in [2.45, 2.75) is 6.42 Å². The number of ether oxygens (including phenoxy) is 1. The van der Waals surface area contributed by atoms with Crippen molar-refractivity contribution in [3.8, 4) is 6.07 Å². The molecule has 0 fully saturated rings. The van der Waals surface area contributed by atoms with Crippen molar-refractivity contribution in [1.82, 2.24) is 8.75 Å². The van der Waals surface area contributed by atoms with Gasteiger partial charge in [0.25, 0.3) is 5.91 Å². The van der Waals surface area contributed by atoms with Crippen LogP contribution in [-0.4, -0.2) is 33.1 Å². The maximum absolute atomic E-state index is 12.1. The molecule has 3 rings (SSSR count). The van der Waals surface area contributed by atoms with Gasteiger partial charge in [-0.1, -0.05) is 6.07 Å². The summed E-state index contributed by atoms with van der Waals surface area (Å²) in [7, 11) is 0. The summed E-state index contributed by atoms with van der Waals surface area (Å²) >= 11 is 1.04. The number of esters is 1. The first-order valence-electron chi connectivity index (χ1n) is 8.02. The van der Waals surface area contributed by atoms with Gasteiger partial charge in [-0.2, -0.15) is 14.0 Å². The number of hydrogen-bond donors (Lipinski definition) is 2. The minimum Gasteiger partial charge on any atom is -0.452 e. The molecule has 0 saturated heterocycles. The second-order valence-corrected chi connectivity index (χ2v) is 6.05. The molecule has 0 atom stereocenters. The quantitative estimate of drug-likeness (QED) is 0.612. The van der Waals surface area contributed by atoms with Crippen LogP contribution in [0.5, 0.6) is 0 Å². The highest BCUT2D eigenvalue weighted by Crippen LogP contribution is 2.21. The Morgan fingerprint density at radius 3 is 2.57 bits per heavy atom. The molecule has 2 N–H and O–H groups in total. The standard InChI is InChI=1S/C18H13N5O4S/c19-9-8-15(24)20-12-6-4-11(5-7-12)18(26)27-10-16(25)21-13-2-1-3-14-17(13)23-28-22-14/h1-7H,8,10H2,(H,20,24)(H,21,25). The third kappa shape index (κ3) is 4.66. The highest BCUT2D eigenvalue weighted by Gasteiger charge is 2.13. The number of amides is 2. The Hall–Kier alpha value is -3.84. The van der Waals surface area contributed by atoms with E-state index in [1.807, 2.05) is 0 Å². The zero-order chi connectivity index (χ0) is 19.9. The number of nitrogens with one attached hydrogen (secondary N) is 2. The Labute approximate surface area is 163 Å². The first-order chi connectivity index (χ1) is 13.6. The molecule has 0 aliphatic carbocycles. The second kappa shape index (κ2) is 8.70. The predicted molar refractivity (Wildman–Crippen MR) is 102 cm³/mol. The average Bonchev–Trinajstić information content (AvgIpc) is 3.17. The van der Waals surface area contributed by atoms with Crippen molar-refractivity contribution in [2.75, 3.05) is 17.2 Å². The molecule has 2 amide bonds. The lowest BCUT2D eigenvalue weighted by Gasteiger charge is -2.08. The van der Waals surface area contributed by atoms with Gasteiger partial charge < -0.3 is 15.4 Å². The van der Waals surface area contributed by atoms with Crippen molar-refractivity contribution >= 4 is 51.9 Å². The zero-order valence-electron chi connectivity index (χ0n) is 14.3. The van der Waals surface area contributed by atoms with Crippen LogP contribution >= 0.6 is 11.7 Å². The van der Waals surface area contributed by atoms with E-state index in [1.165, 1.54) is 24.3 Å². The molecule has 2 aromatic carbocycles. The van der Waals surface area contributed by atoms with Crippen molar-refractivity contribution in [2.24, 2.45) is 0 Å². The van der Waals surface area contributed by atoms with E-state index in [0.717, 1.165) is 11.7 Å². The summed E-state index contributed by atoms with van der Waals surface area (Å²) in [6.45, 7) is -0.465. The Morgan fingerprint density at radius 1 is 1.04 bits per heavy atom. The van der Waals surface area contributed by atoms with E-state index in [-0.39, 0.29) is 12.0 Å². The lowest BCUT2D eigenvalue weighted by Crippen LogP contribution is -2.21. The van der Waals surface area contributed by atoms with Gasteiger partial charge >= 0.3 is 5.97 Å². The zero-order valence-corrected chi connectivity index (χ0v) is 15.2. The van der Waals surface area contributed by atoms with Gasteiger partial charge in [-0.15, -0.1) is 0 Å². The number of fused-ring (bicyclic) bond motifs is 1. The van der Waals surface area contributed by atoms with Crippen molar-refractivity contribution in [3.63, 3.8) is 0 Å². The van der Waals surface area contributed by atoms with Crippen molar-refractivity contribution < 1.29 is 19.1 Å². The van der Waals surface area contributed by atoms with Crippen LogP contribution < -0.4 is 10.6 Å². The highest BCUT2D eigenvalue weighted by atomic mass is 32.1. The first-order valence-corrected chi connectivity index (χ1v) is 8.75. The van der Waals surface area contributed by atoms with E-state index >= 15 is 0 Å². The third-order valence-corrected chi connectivity index (χ3v) is 4.08. The Bertz CT molecular complexity index is 1070. The number of nitriles is 1. The van der Waals surface area contributed by atoms with E-state index in [4.69, 9.17) is 10.00 Å². The van der Waals surface area contributed by atoms with Crippen LogP contribution in [0.25, 0.3) is 11.0 Å². The van der Waals surface area contributed by atoms with Crippen LogP contribution in [0.4, 0.5) is 11.4 Å². The summed E-state index contributed by atoms with van der Waals surface area (Å²) in [5.74, 6) is -1.63. The highest BCUT2D eigenvalue weighted by molar-refractivity contribution is 7.00. The number of benzene rings is 2. The molecule has 3 aromatic rings. The molecular weight excluding hydrogens is 382 g/mol. The van der Waals surface area contributed by atoms with Gasteiger partial charge in [0.2, 0.25) is 5.91 Å². The van der Waals surface area contributed by atoms with Crippen LogP contribution in [0.15, 0.2) is 42.5 Å². The maximum atomic E-state index is 12.1. The van der Waals surface area contributed by atoms with E-state index in [2.05, 4.69) is 19.4 Å². The molecule has 0 aliphatic rings. The third-order valence-electron chi connectivity index (χ3n) is 3.54. The number of anilines is 2. The molecular formula is C18H13N5O4S. The summed E-state index contributed by atoms with van der Waals surface area (Å²) in [5, 5.41) is 13.6. The molecule has 10 heteroatoms. The SMILES string of the molecule is N#CCC(=O)Nc1ccc(C(=O)OCC(=O)Nc2cccc3nsnc23)cc1. The molecule has 9 nitrogen and oxygen atoms in total. The van der Waals surface area contributed by atoms with Crippen LogP contribution in [0.3, 0.4) is 0 Å². The molecule has 0 unspecified atom stereocenters. The molecule has 140 valence electrons. The van der Waals surface area contributed by atoms with Gasteiger partial charge in [0.1, 0.15) is 17.5 Å². The van der Waals surface area contributed by atoms with Crippen LogP contribution in [0.2, 0.25) is 0 Å². The molecule has 1 aromatic heterocycles. The molecule has 0 saturated carbocycles. The smallest absolute Gasteiger partial charge is 0.338 e. The molecule has 0 radical (unpaired) electrons. The predicted octanol–water partition coefficient (Wildman–Crippen LogP) is 2.34. The molecule has 1 heterocycles. The first kappa shape index (κ1) is 18.9. The van der Waals surface area contributed by atoms with E-state index in [0.29, 0.717) is 22.4 Å².